The Morgan fingerprint density at radius 1 is 1.52 bits per heavy atom. The second-order valence-corrected chi connectivity index (χ2v) is 9.10. The van der Waals surface area contributed by atoms with Crippen molar-refractivity contribution in [2.75, 3.05) is 13.1 Å². The maximum absolute atomic E-state index is 13.0. The van der Waals surface area contributed by atoms with Gasteiger partial charge in [0.15, 0.2) is 0 Å². The fourth-order valence-corrected chi connectivity index (χ4v) is 5.84. The van der Waals surface area contributed by atoms with Crippen molar-refractivity contribution in [1.82, 2.24) is 14.4 Å². The van der Waals surface area contributed by atoms with Crippen LogP contribution < -0.4 is 0 Å². The summed E-state index contributed by atoms with van der Waals surface area (Å²) in [4.78, 5) is 16.9. The van der Waals surface area contributed by atoms with Crippen LogP contribution in [0.4, 0.5) is 0 Å². The molecule has 1 N–H and O–H groups in total. The number of sulfonamides is 1. The molecule has 0 aromatic carbocycles. The Morgan fingerprint density at radius 2 is 2.28 bits per heavy atom. The van der Waals surface area contributed by atoms with Gasteiger partial charge in [-0.2, -0.15) is 9.29 Å². The van der Waals surface area contributed by atoms with E-state index >= 15 is 0 Å². The first-order valence-corrected chi connectivity index (χ1v) is 10.2. The molecule has 8 nitrogen and oxygen atoms in total. The number of hydrogen-bond acceptors (Lipinski definition) is 7. The summed E-state index contributed by atoms with van der Waals surface area (Å²) in [5.74, 6) is -0.757. The van der Waals surface area contributed by atoms with Gasteiger partial charge in [0.2, 0.25) is 21.7 Å². The van der Waals surface area contributed by atoms with Crippen LogP contribution in [0.5, 0.6) is 0 Å². The van der Waals surface area contributed by atoms with Crippen LogP contribution in [-0.2, 0) is 21.2 Å². The number of carbonyl (C=O) groups is 1. The van der Waals surface area contributed by atoms with Crippen LogP contribution in [0.2, 0.25) is 0 Å². The predicted molar refractivity (Wildman–Crippen MR) is 90.8 cm³/mol. The number of rotatable bonds is 5. The van der Waals surface area contributed by atoms with E-state index in [-0.39, 0.29) is 11.4 Å². The highest BCUT2D eigenvalue weighted by molar-refractivity contribution is 7.89. The molecule has 1 aliphatic rings. The van der Waals surface area contributed by atoms with Crippen LogP contribution in [0.25, 0.3) is 10.7 Å². The molecular formula is C15H19N3O5S2. The van der Waals surface area contributed by atoms with E-state index in [9.17, 15) is 18.3 Å². The van der Waals surface area contributed by atoms with Crippen molar-refractivity contribution in [3.63, 3.8) is 0 Å². The first-order valence-electron chi connectivity index (χ1n) is 7.99. The molecule has 0 spiro atoms. The lowest BCUT2D eigenvalue weighted by atomic mass is 10.0. The topological polar surface area (TPSA) is 114 Å². The number of thiophene rings is 1. The third kappa shape index (κ3) is 3.46. The number of aryl methyl sites for hydroxylation is 2. The highest BCUT2D eigenvalue weighted by Gasteiger charge is 2.35. The summed E-state index contributed by atoms with van der Waals surface area (Å²) in [5, 5.41) is 13.1. The van der Waals surface area contributed by atoms with Gasteiger partial charge in [0, 0.05) is 24.4 Å². The predicted octanol–water partition coefficient (Wildman–Crippen LogP) is 2.15. The summed E-state index contributed by atoms with van der Waals surface area (Å²) in [7, 11) is -3.75. The van der Waals surface area contributed by atoms with Gasteiger partial charge in [-0.15, -0.1) is 11.3 Å². The molecule has 0 bridgehead atoms. The van der Waals surface area contributed by atoms with E-state index in [4.69, 9.17) is 4.52 Å². The van der Waals surface area contributed by atoms with E-state index in [1.165, 1.54) is 15.6 Å². The third-order valence-electron chi connectivity index (χ3n) is 4.21. The normalized spacial score (nSPS) is 19.2. The number of carboxylic acid groups (broad SMARTS) is 1. The molecule has 136 valence electrons. The monoisotopic (exact) mass is 385 g/mol. The standard InChI is InChI=1S/C15H19N3O5S2/c1-3-13-16-14(17-23-13)11-7-12(9(2)24-11)25(21,22)18-6-4-5-10(8-18)15(19)20/h7,10H,3-6,8H2,1-2H3,(H,19,20). The van der Waals surface area contributed by atoms with Gasteiger partial charge in [0.25, 0.3) is 0 Å². The fraction of sp³-hybridized carbons (Fsp3) is 0.533. The molecule has 2 aromatic rings. The van der Waals surface area contributed by atoms with Crippen molar-refractivity contribution in [2.45, 2.75) is 38.0 Å². The van der Waals surface area contributed by atoms with Gasteiger partial charge in [0.05, 0.1) is 15.7 Å². The van der Waals surface area contributed by atoms with Gasteiger partial charge in [-0.05, 0) is 25.8 Å². The van der Waals surface area contributed by atoms with Crippen LogP contribution in [0, 0.1) is 12.8 Å². The number of aromatic nitrogens is 2. The van der Waals surface area contributed by atoms with Gasteiger partial charge in [-0.3, -0.25) is 4.79 Å². The Morgan fingerprint density at radius 3 is 2.92 bits per heavy atom. The molecule has 2 aromatic heterocycles. The van der Waals surface area contributed by atoms with Crippen molar-refractivity contribution in [3.8, 4) is 10.7 Å². The second kappa shape index (κ2) is 6.85. The molecule has 25 heavy (non-hydrogen) atoms. The van der Waals surface area contributed by atoms with Gasteiger partial charge >= 0.3 is 5.97 Å². The number of piperidine rings is 1. The molecule has 1 fully saturated rings. The van der Waals surface area contributed by atoms with E-state index in [1.54, 1.807) is 13.0 Å². The van der Waals surface area contributed by atoms with Gasteiger partial charge in [0.1, 0.15) is 0 Å². The first kappa shape index (κ1) is 18.0. The maximum Gasteiger partial charge on any atom is 0.307 e. The fourth-order valence-electron chi connectivity index (χ4n) is 2.83. The highest BCUT2D eigenvalue weighted by Crippen LogP contribution is 2.34. The molecule has 0 radical (unpaired) electrons. The quantitative estimate of drug-likeness (QED) is 0.839. The smallest absolute Gasteiger partial charge is 0.307 e. The van der Waals surface area contributed by atoms with Crippen molar-refractivity contribution in [1.29, 1.82) is 0 Å². The highest BCUT2D eigenvalue weighted by atomic mass is 32.2. The third-order valence-corrected chi connectivity index (χ3v) is 7.38. The van der Waals surface area contributed by atoms with E-state index in [2.05, 4.69) is 10.1 Å². The van der Waals surface area contributed by atoms with Gasteiger partial charge in [-0.1, -0.05) is 12.1 Å². The summed E-state index contributed by atoms with van der Waals surface area (Å²) in [6.45, 7) is 3.95. The molecule has 3 heterocycles. The molecule has 10 heteroatoms. The van der Waals surface area contributed by atoms with Crippen LogP contribution in [-0.4, -0.2) is 47.0 Å². The van der Waals surface area contributed by atoms with E-state index in [1.807, 2.05) is 6.92 Å². The van der Waals surface area contributed by atoms with E-state index < -0.39 is 21.9 Å². The molecule has 1 saturated heterocycles. The molecule has 0 saturated carbocycles. The minimum absolute atomic E-state index is 0.00444. The lowest BCUT2D eigenvalue weighted by molar-refractivity contribution is -0.142. The molecule has 1 unspecified atom stereocenters. The Bertz CT molecular complexity index is 887. The molecule has 0 amide bonds. The minimum atomic E-state index is -3.75. The Kier molecular flexibility index (Phi) is 4.94. The van der Waals surface area contributed by atoms with Gasteiger partial charge in [-0.25, -0.2) is 8.42 Å². The Labute approximate surface area is 149 Å². The lowest BCUT2D eigenvalue weighted by Crippen LogP contribution is -2.42. The SMILES string of the molecule is CCc1nc(-c2cc(S(=O)(=O)N3CCCC(C(=O)O)C3)c(C)s2)no1. The average Bonchev–Trinajstić information content (AvgIpc) is 3.21. The van der Waals surface area contributed by atoms with Crippen molar-refractivity contribution in [2.24, 2.45) is 5.92 Å². The zero-order valence-corrected chi connectivity index (χ0v) is 15.6. The summed E-state index contributed by atoms with van der Waals surface area (Å²) in [6.07, 6.45) is 1.64. The second-order valence-electron chi connectivity index (χ2n) is 5.94. The van der Waals surface area contributed by atoms with Crippen molar-refractivity contribution < 1.29 is 22.8 Å². The zero-order valence-electron chi connectivity index (χ0n) is 13.9. The molecule has 1 atom stereocenters. The van der Waals surface area contributed by atoms with Crippen LogP contribution in [0.15, 0.2) is 15.5 Å². The lowest BCUT2D eigenvalue weighted by Gasteiger charge is -2.29. The molecule has 3 rings (SSSR count). The van der Waals surface area contributed by atoms with Gasteiger partial charge < -0.3 is 9.63 Å². The maximum atomic E-state index is 13.0. The van der Waals surface area contributed by atoms with E-state index in [0.717, 1.165) is 0 Å². The summed E-state index contributed by atoms with van der Waals surface area (Å²) >= 11 is 1.28. The number of hydrogen-bond donors (Lipinski definition) is 1. The summed E-state index contributed by atoms with van der Waals surface area (Å²) < 4.78 is 32.3. The van der Waals surface area contributed by atoms with Crippen molar-refractivity contribution in [3.05, 3.63) is 16.8 Å². The zero-order chi connectivity index (χ0) is 18.2. The number of nitrogens with zero attached hydrogens (tertiary/aromatic N) is 3. The largest absolute Gasteiger partial charge is 0.481 e. The minimum Gasteiger partial charge on any atom is -0.481 e. The number of aliphatic carboxylic acids is 1. The van der Waals surface area contributed by atoms with Crippen LogP contribution in [0.1, 0.15) is 30.5 Å². The average molecular weight is 385 g/mol. The van der Waals surface area contributed by atoms with E-state index in [0.29, 0.717) is 47.3 Å². The molecule has 0 aliphatic carbocycles. The first-order chi connectivity index (χ1) is 11.8. The van der Waals surface area contributed by atoms with Crippen LogP contribution in [0.3, 0.4) is 0 Å². The Hall–Kier alpha value is -1.78. The molecule has 1 aliphatic heterocycles. The number of carboxylic acids is 1. The Balaban J connectivity index is 1.91. The van der Waals surface area contributed by atoms with Crippen molar-refractivity contribution >= 4 is 27.3 Å². The molecular weight excluding hydrogens is 366 g/mol. The summed E-state index contributed by atoms with van der Waals surface area (Å²) in [6, 6.07) is 1.55. The van der Waals surface area contributed by atoms with Crippen LogP contribution >= 0.6 is 11.3 Å². The summed E-state index contributed by atoms with van der Waals surface area (Å²) in [5.41, 5.74) is 0.